The number of nitrogens with zero attached hydrogens (tertiary/aromatic N) is 1. The molecule has 0 aromatic carbocycles. The number of fused-ring (bicyclic) bond motifs is 2. The van der Waals surface area contributed by atoms with Gasteiger partial charge in [-0.05, 0) is 56.7 Å². The van der Waals surface area contributed by atoms with E-state index in [1.807, 2.05) is 25.1 Å². The van der Waals surface area contributed by atoms with Crippen molar-refractivity contribution in [3.63, 3.8) is 0 Å². The SMILES string of the molecule is CC1=C(c2ccccn2)O[C@@H]2O[C@]3(C)CC[C@H]4CCC[C@]1(C)[C@]42OO3. The summed E-state index contributed by atoms with van der Waals surface area (Å²) in [5.41, 5.74) is 1.26. The van der Waals surface area contributed by atoms with Gasteiger partial charge in [-0.1, -0.05) is 19.4 Å². The van der Waals surface area contributed by atoms with E-state index in [2.05, 4.69) is 18.8 Å². The molecule has 1 aromatic heterocycles. The Kier molecular flexibility index (Phi) is 3.20. The molecule has 0 N–H and O–H groups in total. The van der Waals surface area contributed by atoms with Gasteiger partial charge in [0.05, 0.1) is 0 Å². The number of pyridine rings is 1. The molecule has 1 aliphatic carbocycles. The van der Waals surface area contributed by atoms with Crippen LogP contribution in [0.5, 0.6) is 0 Å². The lowest BCUT2D eigenvalue weighted by molar-refractivity contribution is -0.559. The van der Waals surface area contributed by atoms with Crippen LogP contribution in [0.4, 0.5) is 0 Å². The van der Waals surface area contributed by atoms with Crippen molar-refractivity contribution in [3.05, 3.63) is 35.7 Å². The summed E-state index contributed by atoms with van der Waals surface area (Å²) >= 11 is 0. The van der Waals surface area contributed by atoms with Crippen LogP contribution < -0.4 is 0 Å². The Morgan fingerprint density at radius 1 is 1.12 bits per heavy atom. The lowest BCUT2D eigenvalue weighted by Crippen LogP contribution is -2.69. The number of ether oxygens (including phenoxy) is 2. The lowest BCUT2D eigenvalue weighted by Gasteiger charge is -2.60. The van der Waals surface area contributed by atoms with E-state index in [1.165, 1.54) is 12.0 Å². The quantitative estimate of drug-likeness (QED) is 0.715. The van der Waals surface area contributed by atoms with Crippen LogP contribution in [0.3, 0.4) is 0 Å². The molecule has 3 saturated heterocycles. The van der Waals surface area contributed by atoms with Gasteiger partial charge in [0, 0.05) is 18.0 Å². The van der Waals surface area contributed by atoms with E-state index in [0.29, 0.717) is 5.92 Å². The summed E-state index contributed by atoms with van der Waals surface area (Å²) in [6, 6.07) is 5.90. The molecule has 0 unspecified atom stereocenters. The minimum atomic E-state index is -0.741. The summed E-state index contributed by atoms with van der Waals surface area (Å²) in [4.78, 5) is 16.5. The van der Waals surface area contributed by atoms with E-state index in [9.17, 15) is 0 Å². The number of hydrogen-bond donors (Lipinski definition) is 0. The summed E-state index contributed by atoms with van der Waals surface area (Å²) in [5.74, 6) is 0.467. The van der Waals surface area contributed by atoms with E-state index in [0.717, 1.165) is 37.1 Å². The zero-order chi connectivity index (χ0) is 17.3. The number of aromatic nitrogens is 1. The van der Waals surface area contributed by atoms with Gasteiger partial charge in [0.15, 0.2) is 5.60 Å². The molecule has 0 amide bonds. The van der Waals surface area contributed by atoms with Gasteiger partial charge in [0.2, 0.25) is 12.1 Å². The van der Waals surface area contributed by atoms with Crippen LogP contribution in [0.1, 0.15) is 58.6 Å². The van der Waals surface area contributed by atoms with Crippen molar-refractivity contribution in [1.29, 1.82) is 0 Å². The van der Waals surface area contributed by atoms with Crippen molar-refractivity contribution in [1.82, 2.24) is 4.98 Å². The predicted octanol–water partition coefficient (Wildman–Crippen LogP) is 4.20. The molecule has 25 heavy (non-hydrogen) atoms. The van der Waals surface area contributed by atoms with Gasteiger partial charge in [-0.2, -0.15) is 0 Å². The van der Waals surface area contributed by atoms with E-state index in [4.69, 9.17) is 19.2 Å². The van der Waals surface area contributed by atoms with Crippen LogP contribution >= 0.6 is 0 Å². The second-order valence-corrected chi connectivity index (χ2v) is 8.29. The molecule has 2 bridgehead atoms. The van der Waals surface area contributed by atoms with Crippen molar-refractivity contribution in [2.24, 2.45) is 11.3 Å². The zero-order valence-corrected chi connectivity index (χ0v) is 15.1. The van der Waals surface area contributed by atoms with Gasteiger partial charge in [-0.15, -0.1) is 0 Å². The van der Waals surface area contributed by atoms with Crippen LogP contribution in [0.25, 0.3) is 5.76 Å². The standard InChI is InChI=1S/C20H25NO4/c1-13-16(15-8-4-5-12-21-15)22-17-20-14(7-6-10-18(13,20)2)9-11-19(3,23-17)24-25-20/h4-5,8,12,14,17H,6-7,9-11H2,1-3H3/t14-,17-,18+,19+,20+/m1/s1. The van der Waals surface area contributed by atoms with Crippen molar-refractivity contribution < 1.29 is 19.2 Å². The number of hydrogen-bond acceptors (Lipinski definition) is 5. The fraction of sp³-hybridized carbons (Fsp3) is 0.650. The molecule has 5 heterocycles. The molecule has 134 valence electrons. The minimum Gasteiger partial charge on any atom is -0.459 e. The van der Waals surface area contributed by atoms with Gasteiger partial charge >= 0.3 is 0 Å². The summed E-state index contributed by atoms with van der Waals surface area (Å²) in [6.07, 6.45) is 6.55. The van der Waals surface area contributed by atoms with Gasteiger partial charge in [0.1, 0.15) is 11.5 Å². The van der Waals surface area contributed by atoms with E-state index >= 15 is 0 Å². The maximum atomic E-state index is 6.45. The molecule has 5 atom stereocenters. The first-order valence-corrected chi connectivity index (χ1v) is 9.33. The molecular formula is C20H25NO4. The topological polar surface area (TPSA) is 49.8 Å². The van der Waals surface area contributed by atoms with Crippen LogP contribution in [-0.2, 0) is 19.2 Å². The molecular weight excluding hydrogens is 318 g/mol. The highest BCUT2D eigenvalue weighted by molar-refractivity contribution is 5.63. The van der Waals surface area contributed by atoms with E-state index < -0.39 is 17.7 Å². The Hall–Kier alpha value is -1.43. The van der Waals surface area contributed by atoms with Gasteiger partial charge < -0.3 is 9.47 Å². The van der Waals surface area contributed by atoms with Gasteiger partial charge in [-0.25, -0.2) is 9.78 Å². The molecule has 4 fully saturated rings. The Morgan fingerprint density at radius 2 is 2.00 bits per heavy atom. The van der Waals surface area contributed by atoms with E-state index in [-0.39, 0.29) is 5.41 Å². The average molecular weight is 343 g/mol. The highest BCUT2D eigenvalue weighted by atomic mass is 17.3. The normalized spacial score (nSPS) is 45.6. The van der Waals surface area contributed by atoms with Crippen LogP contribution in [0.2, 0.25) is 0 Å². The molecule has 5 aliphatic rings. The van der Waals surface area contributed by atoms with Crippen LogP contribution in [-0.4, -0.2) is 22.7 Å². The predicted molar refractivity (Wildman–Crippen MR) is 90.8 cm³/mol. The van der Waals surface area contributed by atoms with Crippen molar-refractivity contribution in [2.75, 3.05) is 0 Å². The Morgan fingerprint density at radius 3 is 2.80 bits per heavy atom. The molecule has 5 nitrogen and oxygen atoms in total. The Labute approximate surface area is 148 Å². The number of rotatable bonds is 1. The largest absolute Gasteiger partial charge is 0.459 e. The Balaban J connectivity index is 1.71. The molecule has 4 aliphatic heterocycles. The highest BCUT2D eigenvalue weighted by Gasteiger charge is 2.71. The molecule has 6 rings (SSSR count). The first-order chi connectivity index (χ1) is 12.0. The molecule has 1 saturated carbocycles. The molecule has 1 aromatic rings. The minimum absolute atomic E-state index is 0.197. The zero-order valence-electron chi connectivity index (χ0n) is 15.1. The average Bonchev–Trinajstić information content (AvgIpc) is 2.85. The maximum Gasteiger partial charge on any atom is 0.236 e. The maximum absolute atomic E-state index is 6.45. The molecule has 0 radical (unpaired) electrons. The molecule has 5 heteroatoms. The molecule has 1 spiro atoms. The second-order valence-electron chi connectivity index (χ2n) is 8.29. The first kappa shape index (κ1) is 15.8. The first-order valence-electron chi connectivity index (χ1n) is 9.33. The summed E-state index contributed by atoms with van der Waals surface area (Å²) in [6.45, 7) is 6.39. The second kappa shape index (κ2) is 5.06. The van der Waals surface area contributed by atoms with Crippen molar-refractivity contribution in [3.8, 4) is 0 Å². The third-order valence-electron chi connectivity index (χ3n) is 7.00. The fourth-order valence-electron chi connectivity index (χ4n) is 5.39. The van der Waals surface area contributed by atoms with Gasteiger partial charge in [0.25, 0.3) is 0 Å². The third kappa shape index (κ3) is 1.92. The summed E-state index contributed by atoms with van der Waals surface area (Å²) < 4.78 is 12.8. The van der Waals surface area contributed by atoms with Crippen LogP contribution in [0.15, 0.2) is 30.0 Å². The van der Waals surface area contributed by atoms with E-state index in [1.54, 1.807) is 6.20 Å². The van der Waals surface area contributed by atoms with Gasteiger partial charge in [-0.3, -0.25) is 4.98 Å². The Bertz CT molecular complexity index is 734. The van der Waals surface area contributed by atoms with Crippen molar-refractivity contribution in [2.45, 2.75) is 70.6 Å². The van der Waals surface area contributed by atoms with Crippen molar-refractivity contribution >= 4 is 5.76 Å². The smallest absolute Gasteiger partial charge is 0.236 e. The highest BCUT2D eigenvalue weighted by Crippen LogP contribution is 2.65. The lowest BCUT2D eigenvalue weighted by atomic mass is 9.54. The fourth-order valence-corrected chi connectivity index (χ4v) is 5.39. The van der Waals surface area contributed by atoms with Crippen LogP contribution in [0, 0.1) is 11.3 Å². The summed E-state index contributed by atoms with van der Waals surface area (Å²) in [5, 5.41) is 0. The monoisotopic (exact) mass is 343 g/mol. The summed E-state index contributed by atoms with van der Waals surface area (Å²) in [7, 11) is 0. The third-order valence-corrected chi connectivity index (χ3v) is 7.00.